The van der Waals surface area contributed by atoms with Crippen molar-refractivity contribution in [3.8, 4) is 0 Å². The van der Waals surface area contributed by atoms with Gasteiger partial charge in [-0.05, 0) is 57.2 Å². The van der Waals surface area contributed by atoms with Crippen LogP contribution in [-0.4, -0.2) is 67.2 Å². The average Bonchev–Trinajstić information content (AvgIpc) is 3.45. The van der Waals surface area contributed by atoms with E-state index in [1.165, 1.54) is 0 Å². The molecule has 3 N–H and O–H groups in total. The van der Waals surface area contributed by atoms with Gasteiger partial charge in [0.2, 0.25) is 11.8 Å². The van der Waals surface area contributed by atoms with E-state index in [0.717, 1.165) is 37.8 Å². The summed E-state index contributed by atoms with van der Waals surface area (Å²) < 4.78 is 64.6. The van der Waals surface area contributed by atoms with Crippen LogP contribution in [0.2, 0.25) is 0 Å². The number of rotatable bonds is 9. The van der Waals surface area contributed by atoms with Crippen molar-refractivity contribution < 1.29 is 45.6 Å². The van der Waals surface area contributed by atoms with Crippen molar-refractivity contribution in [3.05, 3.63) is 41.3 Å². The second-order valence-corrected chi connectivity index (χ2v) is 10.9. The van der Waals surface area contributed by atoms with Gasteiger partial charge < -0.3 is 19.8 Å². The van der Waals surface area contributed by atoms with Gasteiger partial charge in [-0.1, -0.05) is 17.3 Å². The lowest BCUT2D eigenvalue weighted by atomic mass is 9.95. The van der Waals surface area contributed by atoms with Crippen molar-refractivity contribution in [2.24, 2.45) is 0 Å². The number of hydrogen-bond acceptors (Lipinski definition) is 7. The summed E-state index contributed by atoms with van der Waals surface area (Å²) in [6, 6.07) is 6.91. The van der Waals surface area contributed by atoms with Crippen molar-refractivity contribution in [3.63, 3.8) is 0 Å². The molecule has 2 heterocycles. The summed E-state index contributed by atoms with van der Waals surface area (Å²) in [6.45, 7) is 5.14. The molecular formula is C24H29F3N4O7S. The molecule has 1 aromatic carbocycles. The van der Waals surface area contributed by atoms with E-state index in [1.54, 1.807) is 38.1 Å². The highest BCUT2D eigenvalue weighted by Crippen LogP contribution is 2.48. The van der Waals surface area contributed by atoms with Gasteiger partial charge >= 0.3 is 12.1 Å². The topological polar surface area (TPSA) is 159 Å². The van der Waals surface area contributed by atoms with Gasteiger partial charge in [-0.3, -0.25) is 14.3 Å². The van der Waals surface area contributed by atoms with Gasteiger partial charge in [0, 0.05) is 31.7 Å². The Balaban J connectivity index is 0.000000532. The number of carbonyl (C=O) groups is 3. The first kappa shape index (κ1) is 29.9. The standard InChI is InChI=1S/C22H28N4O5S.C2HF3O2/c1-15-20(16(2)31-24-15)32(29,30)25-18-8-6-17(7-9-18)22(10-11-22)21(28)23-12-4-14-26-13-3-5-19(26)27;3-2(4,5)1(6)7/h6-9,25H,3-5,10-14H2,1-2H3,(H,23,28);(H,6,7). The summed E-state index contributed by atoms with van der Waals surface area (Å²) in [5, 5.41) is 13.8. The van der Waals surface area contributed by atoms with Gasteiger partial charge in [0.05, 0.1) is 5.41 Å². The first-order valence-corrected chi connectivity index (χ1v) is 13.6. The van der Waals surface area contributed by atoms with Crippen LogP contribution in [0.25, 0.3) is 0 Å². The van der Waals surface area contributed by atoms with Crippen LogP contribution in [-0.2, 0) is 29.8 Å². The van der Waals surface area contributed by atoms with E-state index in [9.17, 15) is 31.2 Å². The zero-order valence-corrected chi connectivity index (χ0v) is 22.1. The fraction of sp³-hybridized carbons (Fsp3) is 0.500. The number of carboxylic acid groups (broad SMARTS) is 1. The lowest BCUT2D eigenvalue weighted by Crippen LogP contribution is -2.36. The molecule has 1 aliphatic heterocycles. The average molecular weight is 575 g/mol. The number of nitrogens with zero attached hydrogens (tertiary/aromatic N) is 2. The van der Waals surface area contributed by atoms with Crippen molar-refractivity contribution >= 4 is 33.5 Å². The molecule has 2 amide bonds. The normalized spacial score (nSPS) is 16.3. The second kappa shape index (κ2) is 11.6. The van der Waals surface area contributed by atoms with E-state index in [4.69, 9.17) is 14.4 Å². The number of hydrogen-bond donors (Lipinski definition) is 3. The number of halogens is 3. The molecule has 15 heteroatoms. The minimum absolute atomic E-state index is 0.0192. The summed E-state index contributed by atoms with van der Waals surface area (Å²) >= 11 is 0. The van der Waals surface area contributed by atoms with Crippen LogP contribution in [0.4, 0.5) is 18.9 Å². The number of aryl methyl sites for hydroxylation is 2. The third-order valence-corrected chi connectivity index (χ3v) is 8.04. The number of aliphatic carboxylic acids is 1. The van der Waals surface area contributed by atoms with E-state index in [0.29, 0.717) is 30.9 Å². The van der Waals surface area contributed by atoms with Crippen LogP contribution in [0.1, 0.15) is 49.1 Å². The summed E-state index contributed by atoms with van der Waals surface area (Å²) in [6.07, 6.45) is -1.30. The maximum absolute atomic E-state index is 12.8. The van der Waals surface area contributed by atoms with E-state index < -0.39 is 27.6 Å². The van der Waals surface area contributed by atoms with Gasteiger partial charge in [-0.15, -0.1) is 0 Å². The third kappa shape index (κ3) is 7.28. The van der Waals surface area contributed by atoms with Crippen molar-refractivity contribution in [2.45, 2.75) is 62.4 Å². The number of sulfonamides is 1. The van der Waals surface area contributed by atoms with Gasteiger partial charge in [0.1, 0.15) is 5.69 Å². The molecule has 2 aliphatic rings. The molecule has 0 bridgehead atoms. The number of carbonyl (C=O) groups excluding carboxylic acids is 2. The lowest BCUT2D eigenvalue weighted by molar-refractivity contribution is -0.192. The molecule has 0 radical (unpaired) electrons. The SMILES string of the molecule is Cc1noc(C)c1S(=O)(=O)Nc1ccc(C2(C(=O)NCCCN3CCCC3=O)CC2)cc1.O=C(O)C(F)(F)F. The van der Waals surface area contributed by atoms with Crippen LogP contribution < -0.4 is 10.0 Å². The van der Waals surface area contributed by atoms with Gasteiger partial charge in [0.25, 0.3) is 10.0 Å². The Kier molecular flexibility index (Phi) is 8.93. The number of likely N-dealkylation sites (tertiary alicyclic amines) is 1. The number of benzene rings is 1. The number of carboxylic acids is 1. The Morgan fingerprint density at radius 1 is 1.18 bits per heavy atom. The van der Waals surface area contributed by atoms with E-state index >= 15 is 0 Å². The zero-order chi connectivity index (χ0) is 29.0. The highest BCUT2D eigenvalue weighted by atomic mass is 32.2. The molecule has 0 atom stereocenters. The van der Waals surface area contributed by atoms with Crippen molar-refractivity contribution in [1.29, 1.82) is 0 Å². The monoisotopic (exact) mass is 574 g/mol. The zero-order valence-electron chi connectivity index (χ0n) is 21.3. The molecule has 4 rings (SSSR count). The lowest BCUT2D eigenvalue weighted by Gasteiger charge is -2.18. The van der Waals surface area contributed by atoms with Crippen LogP contribution in [0.5, 0.6) is 0 Å². The van der Waals surface area contributed by atoms with Crippen molar-refractivity contribution in [2.75, 3.05) is 24.4 Å². The van der Waals surface area contributed by atoms with Gasteiger partial charge in [-0.2, -0.15) is 13.2 Å². The Labute approximate surface area is 222 Å². The molecule has 39 heavy (non-hydrogen) atoms. The highest BCUT2D eigenvalue weighted by molar-refractivity contribution is 7.92. The van der Waals surface area contributed by atoms with E-state index in [-0.39, 0.29) is 22.5 Å². The maximum atomic E-state index is 12.8. The molecule has 2 aromatic rings. The fourth-order valence-corrected chi connectivity index (χ4v) is 5.67. The third-order valence-electron chi connectivity index (χ3n) is 6.42. The predicted molar refractivity (Wildman–Crippen MR) is 131 cm³/mol. The summed E-state index contributed by atoms with van der Waals surface area (Å²) in [4.78, 5) is 35.3. The smallest absolute Gasteiger partial charge is 0.475 e. The minimum Gasteiger partial charge on any atom is -0.475 e. The number of aromatic nitrogens is 1. The molecule has 0 spiro atoms. The molecule has 0 unspecified atom stereocenters. The minimum atomic E-state index is -5.08. The summed E-state index contributed by atoms with van der Waals surface area (Å²) in [5.41, 5.74) is 1.02. The largest absolute Gasteiger partial charge is 0.490 e. The highest BCUT2D eigenvalue weighted by Gasteiger charge is 2.51. The fourth-order valence-electron chi connectivity index (χ4n) is 4.28. The molecule has 2 fully saturated rings. The van der Waals surface area contributed by atoms with E-state index in [2.05, 4.69) is 15.2 Å². The molecule has 11 nitrogen and oxygen atoms in total. The van der Waals surface area contributed by atoms with Gasteiger partial charge in [-0.25, -0.2) is 13.2 Å². The number of nitrogens with one attached hydrogen (secondary N) is 2. The Hall–Kier alpha value is -3.62. The van der Waals surface area contributed by atoms with Crippen LogP contribution in [0.15, 0.2) is 33.7 Å². The first-order chi connectivity index (χ1) is 18.2. The quantitative estimate of drug-likeness (QED) is 0.386. The molecular weight excluding hydrogens is 545 g/mol. The second-order valence-electron chi connectivity index (χ2n) is 9.31. The van der Waals surface area contributed by atoms with Gasteiger partial charge in [0.15, 0.2) is 10.7 Å². The number of alkyl halides is 3. The van der Waals surface area contributed by atoms with Crippen LogP contribution >= 0.6 is 0 Å². The van der Waals surface area contributed by atoms with E-state index in [1.807, 2.05) is 4.90 Å². The Morgan fingerprint density at radius 3 is 2.26 bits per heavy atom. The summed E-state index contributed by atoms with van der Waals surface area (Å²) in [7, 11) is -3.82. The molecule has 1 aromatic heterocycles. The number of anilines is 1. The van der Waals surface area contributed by atoms with Crippen molar-refractivity contribution in [1.82, 2.24) is 15.4 Å². The molecule has 214 valence electrons. The van der Waals surface area contributed by atoms with Crippen LogP contribution in [0.3, 0.4) is 0 Å². The maximum Gasteiger partial charge on any atom is 0.490 e. The molecule has 1 aliphatic carbocycles. The molecule has 1 saturated carbocycles. The Bertz CT molecular complexity index is 1300. The first-order valence-electron chi connectivity index (χ1n) is 12.1. The Morgan fingerprint density at radius 2 is 1.79 bits per heavy atom. The number of amides is 2. The molecule has 1 saturated heterocycles. The summed E-state index contributed by atoms with van der Waals surface area (Å²) in [5.74, 6) is -2.35. The predicted octanol–water partition coefficient (Wildman–Crippen LogP) is 2.89. The van der Waals surface area contributed by atoms with Crippen LogP contribution in [0, 0.1) is 13.8 Å².